The lowest BCUT2D eigenvalue weighted by Gasteiger charge is -2.29. The Bertz CT molecular complexity index is 1160. The van der Waals surface area contributed by atoms with Crippen molar-refractivity contribution in [2.24, 2.45) is 0 Å². The van der Waals surface area contributed by atoms with Crippen LogP contribution in [0.15, 0.2) is 58.9 Å². The van der Waals surface area contributed by atoms with Gasteiger partial charge in [0.1, 0.15) is 24.0 Å². The van der Waals surface area contributed by atoms with Gasteiger partial charge >= 0.3 is 0 Å². The predicted molar refractivity (Wildman–Crippen MR) is 118 cm³/mol. The molecule has 2 aliphatic heterocycles. The number of benzene rings is 2. The molecule has 0 radical (unpaired) electrons. The second-order valence-electron chi connectivity index (χ2n) is 8.47. The molecule has 0 saturated heterocycles. The van der Waals surface area contributed by atoms with Gasteiger partial charge in [-0.15, -0.1) is 0 Å². The second kappa shape index (κ2) is 7.75. The third-order valence-corrected chi connectivity index (χ3v) is 5.86. The number of rotatable bonds is 4. The first kappa shape index (κ1) is 19.6. The average Bonchev–Trinajstić information content (AvgIpc) is 3.38. The second-order valence-corrected chi connectivity index (χ2v) is 8.47. The molecule has 0 amide bonds. The van der Waals surface area contributed by atoms with E-state index in [1.165, 1.54) is 5.56 Å². The van der Waals surface area contributed by atoms with E-state index in [9.17, 15) is 4.79 Å². The van der Waals surface area contributed by atoms with Crippen LogP contribution in [0.4, 0.5) is 0 Å². The summed E-state index contributed by atoms with van der Waals surface area (Å²) in [7, 11) is 0. The first-order valence-corrected chi connectivity index (χ1v) is 10.6. The van der Waals surface area contributed by atoms with Crippen molar-refractivity contribution in [2.75, 3.05) is 6.73 Å². The summed E-state index contributed by atoms with van der Waals surface area (Å²) in [5, 5.41) is 0. The number of furan rings is 1. The Kier molecular flexibility index (Phi) is 4.91. The molecule has 31 heavy (non-hydrogen) atoms. The van der Waals surface area contributed by atoms with Crippen LogP contribution in [-0.2, 0) is 13.1 Å². The molecule has 0 N–H and O–H groups in total. The summed E-state index contributed by atoms with van der Waals surface area (Å²) in [5.41, 5.74) is 4.68. The minimum atomic E-state index is -0.0861. The zero-order valence-corrected chi connectivity index (χ0v) is 18.0. The fourth-order valence-electron chi connectivity index (χ4n) is 4.15. The molecule has 1 aromatic heterocycles. The highest BCUT2D eigenvalue weighted by Gasteiger charge is 2.33. The van der Waals surface area contributed by atoms with Gasteiger partial charge in [0.05, 0.1) is 18.4 Å². The molecule has 0 fully saturated rings. The van der Waals surface area contributed by atoms with Gasteiger partial charge in [-0.1, -0.05) is 38.1 Å². The van der Waals surface area contributed by atoms with Crippen LogP contribution in [0.2, 0.25) is 0 Å². The minimum absolute atomic E-state index is 0.0861. The number of ether oxygens (including phenoxy) is 2. The Morgan fingerprint density at radius 1 is 1.13 bits per heavy atom. The van der Waals surface area contributed by atoms with E-state index in [1.54, 1.807) is 6.26 Å². The van der Waals surface area contributed by atoms with E-state index in [4.69, 9.17) is 13.9 Å². The van der Waals surface area contributed by atoms with E-state index >= 15 is 0 Å². The topological polar surface area (TPSA) is 51.9 Å². The molecule has 3 aromatic rings. The van der Waals surface area contributed by atoms with Gasteiger partial charge in [-0.25, -0.2) is 0 Å². The van der Waals surface area contributed by atoms with Crippen molar-refractivity contribution >= 4 is 11.9 Å². The van der Waals surface area contributed by atoms with Crippen LogP contribution in [0.5, 0.6) is 11.5 Å². The molecule has 0 atom stereocenters. The first-order chi connectivity index (χ1) is 15.0. The van der Waals surface area contributed by atoms with Gasteiger partial charge in [0.25, 0.3) is 0 Å². The normalized spacial score (nSPS) is 16.9. The molecular formula is C26H25NO4. The Morgan fingerprint density at radius 3 is 2.65 bits per heavy atom. The van der Waals surface area contributed by atoms with Crippen molar-refractivity contribution in [1.29, 1.82) is 0 Å². The van der Waals surface area contributed by atoms with Crippen molar-refractivity contribution in [3.05, 3.63) is 88.1 Å². The largest absolute Gasteiger partial charge is 0.477 e. The molecule has 0 unspecified atom stereocenters. The number of carbonyl (C=O) groups excluding carboxylic acids is 1. The van der Waals surface area contributed by atoms with Crippen LogP contribution in [0, 0.1) is 6.92 Å². The summed E-state index contributed by atoms with van der Waals surface area (Å²) in [6, 6.07) is 14.0. The van der Waals surface area contributed by atoms with Gasteiger partial charge in [0.15, 0.2) is 5.76 Å². The SMILES string of the molecule is Cc1c2c(cc3c1O/C(=C\c1ccc(C(C)C)cc1)C3=O)CN(Cc1ccco1)CO2. The van der Waals surface area contributed by atoms with Gasteiger partial charge in [-0.3, -0.25) is 9.69 Å². The number of hydrogen-bond donors (Lipinski definition) is 0. The fraction of sp³-hybridized carbons (Fsp3) is 0.269. The minimum Gasteiger partial charge on any atom is -0.477 e. The third-order valence-electron chi connectivity index (χ3n) is 5.86. The molecule has 0 spiro atoms. The van der Waals surface area contributed by atoms with Gasteiger partial charge in [-0.2, -0.15) is 0 Å². The zero-order chi connectivity index (χ0) is 21.5. The number of nitrogens with zero attached hydrogens (tertiary/aromatic N) is 1. The maximum Gasteiger partial charge on any atom is 0.231 e. The molecule has 158 valence electrons. The van der Waals surface area contributed by atoms with Crippen molar-refractivity contribution < 1.29 is 18.7 Å². The van der Waals surface area contributed by atoms with E-state index in [-0.39, 0.29) is 5.78 Å². The Labute approximate surface area is 181 Å². The number of Topliss-reactive ketones (excluding diaryl/α,β-unsaturated/α-hetero) is 1. The predicted octanol–water partition coefficient (Wildman–Crippen LogP) is 5.68. The van der Waals surface area contributed by atoms with Gasteiger partial charge < -0.3 is 13.9 Å². The Morgan fingerprint density at radius 2 is 1.94 bits per heavy atom. The summed E-state index contributed by atoms with van der Waals surface area (Å²) in [5.74, 6) is 3.04. The highest BCUT2D eigenvalue weighted by atomic mass is 16.5. The number of allylic oxidation sites excluding steroid dienone is 1. The molecule has 0 saturated carbocycles. The lowest BCUT2D eigenvalue weighted by molar-refractivity contribution is 0.0813. The van der Waals surface area contributed by atoms with Crippen molar-refractivity contribution in [3.8, 4) is 11.5 Å². The fourth-order valence-corrected chi connectivity index (χ4v) is 4.15. The van der Waals surface area contributed by atoms with Gasteiger partial charge in [0.2, 0.25) is 5.78 Å². The molecule has 0 bridgehead atoms. The van der Waals surface area contributed by atoms with Crippen LogP contribution in [0.3, 0.4) is 0 Å². The third kappa shape index (κ3) is 3.66. The number of carbonyl (C=O) groups is 1. The van der Waals surface area contributed by atoms with Gasteiger partial charge in [0, 0.05) is 17.7 Å². The van der Waals surface area contributed by atoms with E-state index < -0.39 is 0 Å². The van der Waals surface area contributed by atoms with E-state index in [2.05, 4.69) is 30.9 Å². The average molecular weight is 415 g/mol. The molecule has 2 aliphatic rings. The summed E-state index contributed by atoms with van der Waals surface area (Å²) >= 11 is 0. The van der Waals surface area contributed by atoms with Crippen LogP contribution in [-0.4, -0.2) is 17.4 Å². The van der Waals surface area contributed by atoms with Crippen LogP contribution < -0.4 is 9.47 Å². The summed E-state index contributed by atoms with van der Waals surface area (Å²) in [6.07, 6.45) is 3.49. The van der Waals surface area contributed by atoms with Crippen LogP contribution in [0.25, 0.3) is 6.08 Å². The summed E-state index contributed by atoms with van der Waals surface area (Å²) in [6.45, 7) is 8.09. The van der Waals surface area contributed by atoms with Crippen molar-refractivity contribution in [3.63, 3.8) is 0 Å². The Hall–Kier alpha value is -3.31. The van der Waals surface area contributed by atoms with Crippen molar-refractivity contribution in [1.82, 2.24) is 4.90 Å². The van der Waals surface area contributed by atoms with Crippen molar-refractivity contribution in [2.45, 2.75) is 39.8 Å². The van der Waals surface area contributed by atoms with E-state index in [0.29, 0.717) is 42.8 Å². The van der Waals surface area contributed by atoms with Gasteiger partial charge in [-0.05, 0) is 48.2 Å². The molecule has 5 heteroatoms. The summed E-state index contributed by atoms with van der Waals surface area (Å²) in [4.78, 5) is 15.2. The maximum absolute atomic E-state index is 13.1. The first-order valence-electron chi connectivity index (χ1n) is 10.6. The van der Waals surface area contributed by atoms with Crippen LogP contribution in [0.1, 0.15) is 58.1 Å². The quantitative estimate of drug-likeness (QED) is 0.513. The number of ketones is 1. The Balaban J connectivity index is 1.41. The van der Waals surface area contributed by atoms with E-state index in [0.717, 1.165) is 28.2 Å². The standard InChI is InChI=1S/C26H25NO4/c1-16(2)19-8-6-18(7-9-19)11-23-24(28)22-12-20-13-27(14-21-5-4-10-29-21)15-30-25(20)17(3)26(22)31-23/h4-12,16H,13-15H2,1-3H3/b23-11-. The lowest BCUT2D eigenvalue weighted by atomic mass is 9.99. The smallest absolute Gasteiger partial charge is 0.231 e. The molecule has 3 heterocycles. The molecule has 0 aliphatic carbocycles. The number of fused-ring (bicyclic) bond motifs is 2. The number of hydrogen-bond acceptors (Lipinski definition) is 5. The molecular weight excluding hydrogens is 390 g/mol. The summed E-state index contributed by atoms with van der Waals surface area (Å²) < 4.78 is 17.5. The lowest BCUT2D eigenvalue weighted by Crippen LogP contribution is -2.31. The zero-order valence-electron chi connectivity index (χ0n) is 18.0. The van der Waals surface area contributed by atoms with E-state index in [1.807, 2.05) is 43.3 Å². The maximum atomic E-state index is 13.1. The molecule has 2 aromatic carbocycles. The molecule has 5 rings (SSSR count). The van der Waals surface area contributed by atoms with Crippen LogP contribution >= 0.6 is 0 Å². The highest BCUT2D eigenvalue weighted by molar-refractivity contribution is 6.15. The highest BCUT2D eigenvalue weighted by Crippen LogP contribution is 2.43. The molecule has 5 nitrogen and oxygen atoms in total. The monoisotopic (exact) mass is 415 g/mol.